The largest absolute Gasteiger partial charge is 0.370 e. The molecule has 36 heavy (non-hydrogen) atoms. The summed E-state index contributed by atoms with van der Waals surface area (Å²) in [5, 5.41) is 10.7. The first-order valence-corrected chi connectivity index (χ1v) is 13.3. The van der Waals surface area contributed by atoms with Crippen LogP contribution >= 0.6 is 0 Å². The van der Waals surface area contributed by atoms with Gasteiger partial charge < -0.3 is 9.47 Å². The van der Waals surface area contributed by atoms with E-state index in [1.807, 2.05) is 42.5 Å². The second-order valence-corrected chi connectivity index (χ2v) is 10.7. The van der Waals surface area contributed by atoms with Crippen molar-refractivity contribution in [3.63, 3.8) is 0 Å². The van der Waals surface area contributed by atoms with E-state index in [9.17, 15) is 18.5 Å². The Balaban J connectivity index is 1.38. The van der Waals surface area contributed by atoms with Gasteiger partial charge in [-0.15, -0.1) is 0 Å². The summed E-state index contributed by atoms with van der Waals surface area (Å²) in [6.07, 6.45) is 1.65. The molecule has 0 spiro atoms. The molecule has 0 saturated carbocycles. The van der Waals surface area contributed by atoms with Crippen molar-refractivity contribution in [3.8, 4) is 6.07 Å². The van der Waals surface area contributed by atoms with Gasteiger partial charge in [0.15, 0.2) is 0 Å². The molecule has 5 rings (SSSR count). The van der Waals surface area contributed by atoms with Crippen LogP contribution in [0.15, 0.2) is 88.6 Å². The second kappa shape index (κ2) is 9.51. The van der Waals surface area contributed by atoms with Crippen LogP contribution in [0.3, 0.4) is 0 Å². The van der Waals surface area contributed by atoms with E-state index in [0.717, 1.165) is 29.3 Å². The van der Waals surface area contributed by atoms with Crippen LogP contribution in [-0.2, 0) is 17.1 Å². The number of nitriles is 1. The standard InChI is InChI=1S/C28H26N4O3S/c1-31-26-13-6-5-12-24(26)27(25(19-29)28(31)33)32-16-14-20(15-17-32)21-8-7-9-22(18-21)30-36(34,35)23-10-3-2-4-11-23/h2-13,18,20,30H,14-17H2,1H3. The zero-order valence-corrected chi connectivity index (χ0v) is 20.7. The Kier molecular flexibility index (Phi) is 6.25. The van der Waals surface area contributed by atoms with Gasteiger partial charge in [-0.1, -0.05) is 48.5 Å². The number of hydrogen-bond donors (Lipinski definition) is 1. The maximum absolute atomic E-state index is 12.9. The number of aryl methyl sites for hydroxylation is 1. The summed E-state index contributed by atoms with van der Waals surface area (Å²) in [5.74, 6) is 0.241. The monoisotopic (exact) mass is 498 g/mol. The van der Waals surface area contributed by atoms with E-state index in [4.69, 9.17) is 0 Å². The van der Waals surface area contributed by atoms with E-state index in [-0.39, 0.29) is 21.9 Å². The number of nitrogens with zero attached hydrogens (tertiary/aromatic N) is 3. The third-order valence-electron chi connectivity index (χ3n) is 6.86. The van der Waals surface area contributed by atoms with Crippen LogP contribution in [0.25, 0.3) is 10.9 Å². The van der Waals surface area contributed by atoms with E-state index in [2.05, 4.69) is 15.7 Å². The number of anilines is 2. The third kappa shape index (κ3) is 4.34. The number of piperidine rings is 1. The highest BCUT2D eigenvalue weighted by Gasteiger charge is 2.26. The molecule has 182 valence electrons. The van der Waals surface area contributed by atoms with Gasteiger partial charge in [-0.05, 0) is 54.7 Å². The normalized spacial score (nSPS) is 14.5. The molecule has 7 nitrogen and oxygen atoms in total. The van der Waals surface area contributed by atoms with Crippen LogP contribution in [0.4, 0.5) is 11.4 Å². The Bertz CT molecular complexity index is 1630. The zero-order valence-electron chi connectivity index (χ0n) is 19.9. The Labute approximate surface area is 210 Å². The quantitative estimate of drug-likeness (QED) is 0.434. The van der Waals surface area contributed by atoms with Crippen molar-refractivity contribution in [3.05, 3.63) is 100 Å². The van der Waals surface area contributed by atoms with Crippen molar-refractivity contribution >= 4 is 32.3 Å². The average Bonchev–Trinajstić information content (AvgIpc) is 2.91. The van der Waals surface area contributed by atoms with Gasteiger partial charge in [-0.25, -0.2) is 8.42 Å². The number of rotatable bonds is 5. The van der Waals surface area contributed by atoms with Crippen molar-refractivity contribution in [2.75, 3.05) is 22.7 Å². The molecular formula is C28H26N4O3S. The van der Waals surface area contributed by atoms with Crippen LogP contribution in [0.1, 0.15) is 29.9 Å². The molecule has 1 aliphatic heterocycles. The molecule has 0 radical (unpaired) electrons. The lowest BCUT2D eigenvalue weighted by molar-refractivity contribution is 0.506. The number of sulfonamides is 1. The van der Waals surface area contributed by atoms with E-state index < -0.39 is 10.0 Å². The molecule has 1 aliphatic rings. The molecular weight excluding hydrogens is 472 g/mol. The van der Waals surface area contributed by atoms with Crippen molar-refractivity contribution in [2.45, 2.75) is 23.7 Å². The molecule has 4 aromatic rings. The molecule has 1 N–H and O–H groups in total. The number of fused-ring (bicyclic) bond motifs is 1. The highest BCUT2D eigenvalue weighted by molar-refractivity contribution is 7.92. The summed E-state index contributed by atoms with van der Waals surface area (Å²) >= 11 is 0. The van der Waals surface area contributed by atoms with E-state index in [0.29, 0.717) is 24.5 Å². The first kappa shape index (κ1) is 23.6. The van der Waals surface area contributed by atoms with Crippen molar-refractivity contribution in [1.29, 1.82) is 5.26 Å². The first-order chi connectivity index (χ1) is 17.4. The molecule has 0 unspecified atom stereocenters. The van der Waals surface area contributed by atoms with Gasteiger partial charge in [-0.2, -0.15) is 5.26 Å². The Morgan fingerprint density at radius 1 is 0.944 bits per heavy atom. The molecule has 1 aromatic heterocycles. The van der Waals surface area contributed by atoms with Gasteiger partial charge in [0.1, 0.15) is 11.6 Å². The zero-order chi connectivity index (χ0) is 25.3. The lowest BCUT2D eigenvalue weighted by atomic mass is 9.88. The SMILES string of the molecule is Cn1c(=O)c(C#N)c(N2CCC(c3cccc(NS(=O)(=O)c4ccccc4)c3)CC2)c2ccccc21. The lowest BCUT2D eigenvalue weighted by Crippen LogP contribution is -2.35. The fourth-order valence-corrected chi connectivity index (χ4v) is 6.09. The fourth-order valence-electron chi connectivity index (χ4n) is 5.01. The summed E-state index contributed by atoms with van der Waals surface area (Å²) < 4.78 is 29.7. The molecule has 2 heterocycles. The maximum Gasteiger partial charge on any atom is 0.270 e. The Hall–Kier alpha value is -4.09. The van der Waals surface area contributed by atoms with Gasteiger partial charge in [0.2, 0.25) is 0 Å². The van der Waals surface area contributed by atoms with Crippen LogP contribution in [0.2, 0.25) is 0 Å². The molecule has 0 atom stereocenters. The van der Waals surface area contributed by atoms with Crippen molar-refractivity contribution in [1.82, 2.24) is 4.57 Å². The highest BCUT2D eigenvalue weighted by Crippen LogP contribution is 2.35. The smallest absolute Gasteiger partial charge is 0.270 e. The number of pyridine rings is 1. The molecule has 0 bridgehead atoms. The van der Waals surface area contributed by atoms with Crippen molar-refractivity contribution < 1.29 is 8.42 Å². The Morgan fingerprint density at radius 3 is 2.36 bits per heavy atom. The van der Waals surface area contributed by atoms with E-state index in [1.165, 1.54) is 4.57 Å². The third-order valence-corrected chi connectivity index (χ3v) is 8.26. The topological polar surface area (TPSA) is 95.2 Å². The number of hydrogen-bond acceptors (Lipinski definition) is 5. The van der Waals surface area contributed by atoms with Gasteiger partial charge >= 0.3 is 0 Å². The predicted molar refractivity (Wildman–Crippen MR) is 142 cm³/mol. The molecule has 3 aromatic carbocycles. The van der Waals surface area contributed by atoms with Gasteiger partial charge in [0.25, 0.3) is 15.6 Å². The van der Waals surface area contributed by atoms with Crippen LogP contribution in [-0.4, -0.2) is 26.1 Å². The number of aromatic nitrogens is 1. The summed E-state index contributed by atoms with van der Waals surface area (Å²) in [6.45, 7) is 1.38. The van der Waals surface area contributed by atoms with Gasteiger partial charge in [-0.3, -0.25) is 9.52 Å². The first-order valence-electron chi connectivity index (χ1n) is 11.8. The summed E-state index contributed by atoms with van der Waals surface area (Å²) in [4.78, 5) is 15.2. The maximum atomic E-state index is 12.9. The molecule has 0 aliphatic carbocycles. The molecule has 1 fully saturated rings. The molecule has 8 heteroatoms. The van der Waals surface area contributed by atoms with Crippen molar-refractivity contribution in [2.24, 2.45) is 7.05 Å². The summed E-state index contributed by atoms with van der Waals surface area (Å²) in [5.41, 5.74) is 3.00. The minimum Gasteiger partial charge on any atom is -0.370 e. The van der Waals surface area contributed by atoms with E-state index in [1.54, 1.807) is 43.4 Å². The lowest BCUT2D eigenvalue weighted by Gasteiger charge is -2.35. The van der Waals surface area contributed by atoms with Crippen LogP contribution < -0.4 is 15.2 Å². The fraction of sp³-hybridized carbons (Fsp3) is 0.214. The van der Waals surface area contributed by atoms with Gasteiger partial charge in [0, 0.05) is 31.2 Å². The Morgan fingerprint density at radius 2 is 1.64 bits per heavy atom. The number of para-hydroxylation sites is 1. The second-order valence-electron chi connectivity index (χ2n) is 9.02. The number of benzene rings is 3. The minimum atomic E-state index is -3.66. The highest BCUT2D eigenvalue weighted by atomic mass is 32.2. The minimum absolute atomic E-state index is 0.173. The van der Waals surface area contributed by atoms with Gasteiger partial charge in [0.05, 0.1) is 16.1 Å². The predicted octanol–water partition coefficient (Wildman–Crippen LogP) is 4.59. The van der Waals surface area contributed by atoms with E-state index >= 15 is 0 Å². The van der Waals surface area contributed by atoms with Crippen LogP contribution in [0.5, 0.6) is 0 Å². The molecule has 0 amide bonds. The summed E-state index contributed by atoms with van der Waals surface area (Å²) in [7, 11) is -1.97. The van der Waals surface area contributed by atoms with Crippen LogP contribution in [0, 0.1) is 11.3 Å². The molecule has 1 saturated heterocycles. The summed E-state index contributed by atoms with van der Waals surface area (Å²) in [6, 6.07) is 25.7. The number of nitrogens with one attached hydrogen (secondary N) is 1. The average molecular weight is 499 g/mol.